The summed E-state index contributed by atoms with van der Waals surface area (Å²) in [7, 11) is 1.58. The van der Waals surface area contributed by atoms with E-state index in [-0.39, 0.29) is 23.8 Å². The first-order valence-corrected chi connectivity index (χ1v) is 5.81. The number of hydrogen-bond donors (Lipinski definition) is 3. The molecule has 0 saturated carbocycles. The van der Waals surface area contributed by atoms with E-state index in [2.05, 4.69) is 16.0 Å². The Morgan fingerprint density at radius 2 is 2.06 bits per heavy atom. The summed E-state index contributed by atoms with van der Waals surface area (Å²) in [6, 6.07) is -0.578. The molecule has 2 atom stereocenters. The van der Waals surface area contributed by atoms with E-state index in [9.17, 15) is 9.59 Å². The van der Waals surface area contributed by atoms with Crippen LogP contribution in [0, 0.1) is 5.92 Å². The fourth-order valence-electron chi connectivity index (χ4n) is 1.85. The molecule has 2 amide bonds. The summed E-state index contributed by atoms with van der Waals surface area (Å²) < 4.78 is 0. The first kappa shape index (κ1) is 13.0. The van der Waals surface area contributed by atoms with Gasteiger partial charge in [0, 0.05) is 7.05 Å². The van der Waals surface area contributed by atoms with Crippen LogP contribution in [-0.2, 0) is 9.59 Å². The highest BCUT2D eigenvalue weighted by atomic mass is 16.2. The van der Waals surface area contributed by atoms with Crippen LogP contribution < -0.4 is 16.0 Å². The van der Waals surface area contributed by atoms with Crippen molar-refractivity contribution < 1.29 is 9.59 Å². The van der Waals surface area contributed by atoms with Crippen molar-refractivity contribution in [3.05, 3.63) is 0 Å². The first-order valence-electron chi connectivity index (χ1n) is 5.81. The van der Waals surface area contributed by atoms with Crippen molar-refractivity contribution in [1.82, 2.24) is 16.0 Å². The van der Waals surface area contributed by atoms with E-state index in [0.717, 1.165) is 19.4 Å². The van der Waals surface area contributed by atoms with Crippen LogP contribution in [0.4, 0.5) is 0 Å². The van der Waals surface area contributed by atoms with Crippen LogP contribution in [0.2, 0.25) is 0 Å². The molecule has 5 nitrogen and oxygen atoms in total. The molecule has 5 heteroatoms. The molecule has 0 radical (unpaired) electrons. The highest BCUT2D eigenvalue weighted by Gasteiger charge is 2.28. The van der Waals surface area contributed by atoms with Crippen LogP contribution in [0.25, 0.3) is 0 Å². The number of nitrogens with one attached hydrogen (secondary N) is 3. The maximum Gasteiger partial charge on any atom is 0.242 e. The molecule has 1 aliphatic heterocycles. The summed E-state index contributed by atoms with van der Waals surface area (Å²) in [4.78, 5) is 23.4. The summed E-state index contributed by atoms with van der Waals surface area (Å²) in [5, 5.41) is 8.48. The topological polar surface area (TPSA) is 70.2 Å². The maximum atomic E-state index is 11.8. The summed E-state index contributed by atoms with van der Waals surface area (Å²) in [6.07, 6.45) is 1.87. The summed E-state index contributed by atoms with van der Waals surface area (Å²) in [5.74, 6) is -0.119. The Hall–Kier alpha value is -1.10. The van der Waals surface area contributed by atoms with Gasteiger partial charge in [-0.2, -0.15) is 0 Å². The molecule has 0 aromatic heterocycles. The third kappa shape index (κ3) is 3.20. The second-order valence-electron chi connectivity index (χ2n) is 4.49. The monoisotopic (exact) mass is 227 g/mol. The quantitative estimate of drug-likeness (QED) is 0.613. The molecular weight excluding hydrogens is 206 g/mol. The Morgan fingerprint density at radius 3 is 2.50 bits per heavy atom. The number of carbonyl (C=O) groups excluding carboxylic acids is 2. The largest absolute Gasteiger partial charge is 0.357 e. The fourth-order valence-corrected chi connectivity index (χ4v) is 1.85. The number of carbonyl (C=O) groups is 2. The van der Waals surface area contributed by atoms with Crippen LogP contribution in [0.3, 0.4) is 0 Å². The third-order valence-corrected chi connectivity index (χ3v) is 2.87. The van der Waals surface area contributed by atoms with Crippen LogP contribution in [0.5, 0.6) is 0 Å². The van der Waals surface area contributed by atoms with E-state index >= 15 is 0 Å². The van der Waals surface area contributed by atoms with Gasteiger partial charge in [-0.05, 0) is 25.3 Å². The highest BCUT2D eigenvalue weighted by molar-refractivity contribution is 5.89. The second kappa shape index (κ2) is 5.84. The standard InChI is InChI=1S/C11H21N3O2/c1-7(2)9(11(16)12-3)14-10(15)8-5-4-6-13-8/h7-9,13H,4-6H2,1-3H3,(H,12,16)(H,14,15)/t8-,9+/m1/s1. The Morgan fingerprint density at radius 1 is 1.38 bits per heavy atom. The zero-order valence-corrected chi connectivity index (χ0v) is 10.2. The summed E-state index contributed by atoms with van der Waals surface area (Å²) in [5.41, 5.74) is 0. The minimum atomic E-state index is -0.445. The van der Waals surface area contributed by atoms with Crippen LogP contribution >= 0.6 is 0 Å². The highest BCUT2D eigenvalue weighted by Crippen LogP contribution is 2.07. The van der Waals surface area contributed by atoms with Crippen LogP contribution in [0.1, 0.15) is 26.7 Å². The van der Waals surface area contributed by atoms with Crippen molar-refractivity contribution >= 4 is 11.8 Å². The van der Waals surface area contributed by atoms with Gasteiger partial charge >= 0.3 is 0 Å². The van der Waals surface area contributed by atoms with Gasteiger partial charge in [0.1, 0.15) is 6.04 Å². The number of amides is 2. The molecule has 0 aliphatic carbocycles. The van der Waals surface area contributed by atoms with Crippen LogP contribution in [0.15, 0.2) is 0 Å². The zero-order chi connectivity index (χ0) is 12.1. The molecular formula is C11H21N3O2. The average molecular weight is 227 g/mol. The van der Waals surface area contributed by atoms with Gasteiger partial charge < -0.3 is 16.0 Å². The minimum Gasteiger partial charge on any atom is -0.357 e. The van der Waals surface area contributed by atoms with Gasteiger partial charge in [0.2, 0.25) is 11.8 Å². The molecule has 16 heavy (non-hydrogen) atoms. The zero-order valence-electron chi connectivity index (χ0n) is 10.2. The minimum absolute atomic E-state index is 0.0696. The van der Waals surface area contributed by atoms with Crippen molar-refractivity contribution in [3.8, 4) is 0 Å². The lowest BCUT2D eigenvalue weighted by atomic mass is 10.0. The van der Waals surface area contributed by atoms with Crippen molar-refractivity contribution in [2.24, 2.45) is 5.92 Å². The van der Waals surface area contributed by atoms with Gasteiger partial charge in [-0.3, -0.25) is 9.59 Å². The van der Waals surface area contributed by atoms with Gasteiger partial charge in [0.25, 0.3) is 0 Å². The Kier molecular flexibility index (Phi) is 4.73. The van der Waals surface area contributed by atoms with Crippen LogP contribution in [-0.4, -0.2) is 37.5 Å². The normalized spacial score (nSPS) is 21.9. The molecule has 0 aromatic rings. The molecule has 0 spiro atoms. The van der Waals surface area contributed by atoms with E-state index in [0.29, 0.717) is 0 Å². The van der Waals surface area contributed by atoms with Gasteiger partial charge in [-0.25, -0.2) is 0 Å². The van der Waals surface area contributed by atoms with Crippen molar-refractivity contribution in [1.29, 1.82) is 0 Å². The van der Waals surface area contributed by atoms with E-state index in [1.807, 2.05) is 13.8 Å². The predicted molar refractivity (Wildman–Crippen MR) is 61.9 cm³/mol. The molecule has 1 saturated heterocycles. The Balaban J connectivity index is 2.53. The number of hydrogen-bond acceptors (Lipinski definition) is 3. The molecule has 0 bridgehead atoms. The lowest BCUT2D eigenvalue weighted by Gasteiger charge is -2.22. The van der Waals surface area contributed by atoms with E-state index in [4.69, 9.17) is 0 Å². The summed E-state index contributed by atoms with van der Waals surface area (Å²) >= 11 is 0. The van der Waals surface area contributed by atoms with E-state index in [1.165, 1.54) is 0 Å². The fraction of sp³-hybridized carbons (Fsp3) is 0.818. The Bertz CT molecular complexity index is 260. The van der Waals surface area contributed by atoms with E-state index in [1.54, 1.807) is 7.05 Å². The molecule has 1 rings (SSSR count). The van der Waals surface area contributed by atoms with Gasteiger partial charge in [0.05, 0.1) is 6.04 Å². The van der Waals surface area contributed by atoms with Gasteiger partial charge in [-0.1, -0.05) is 13.8 Å². The lowest BCUT2D eigenvalue weighted by Crippen LogP contribution is -2.53. The maximum absolute atomic E-state index is 11.8. The SMILES string of the molecule is CNC(=O)[C@@H](NC(=O)[C@H]1CCCN1)C(C)C. The molecule has 0 unspecified atom stereocenters. The lowest BCUT2D eigenvalue weighted by molar-refractivity contribution is -0.130. The third-order valence-electron chi connectivity index (χ3n) is 2.87. The number of rotatable bonds is 4. The molecule has 1 heterocycles. The van der Waals surface area contributed by atoms with Crippen molar-refractivity contribution in [2.75, 3.05) is 13.6 Å². The molecule has 1 aliphatic rings. The summed E-state index contributed by atoms with van der Waals surface area (Å²) in [6.45, 7) is 4.72. The smallest absolute Gasteiger partial charge is 0.242 e. The van der Waals surface area contributed by atoms with E-state index < -0.39 is 6.04 Å². The molecule has 92 valence electrons. The molecule has 1 fully saturated rings. The Labute approximate surface area is 96.4 Å². The second-order valence-corrected chi connectivity index (χ2v) is 4.49. The average Bonchev–Trinajstić information content (AvgIpc) is 2.77. The predicted octanol–water partition coefficient (Wildman–Crippen LogP) is -0.375. The molecule has 0 aromatic carbocycles. The van der Waals surface area contributed by atoms with Gasteiger partial charge in [0.15, 0.2) is 0 Å². The first-order chi connectivity index (χ1) is 7.56. The van der Waals surface area contributed by atoms with Gasteiger partial charge in [-0.15, -0.1) is 0 Å². The van der Waals surface area contributed by atoms with Crippen molar-refractivity contribution in [2.45, 2.75) is 38.8 Å². The number of likely N-dealkylation sites (N-methyl/N-ethyl adjacent to an activating group) is 1. The van der Waals surface area contributed by atoms with Crippen molar-refractivity contribution in [3.63, 3.8) is 0 Å². The molecule has 3 N–H and O–H groups in total.